The summed E-state index contributed by atoms with van der Waals surface area (Å²) >= 11 is 0. The van der Waals surface area contributed by atoms with Crippen molar-refractivity contribution in [1.29, 1.82) is 0 Å². The van der Waals surface area contributed by atoms with Crippen LogP contribution in [0.5, 0.6) is 0 Å². The highest BCUT2D eigenvalue weighted by Crippen LogP contribution is 2.58. The van der Waals surface area contributed by atoms with E-state index >= 15 is 0 Å². The summed E-state index contributed by atoms with van der Waals surface area (Å²) in [6, 6.07) is 0. The van der Waals surface area contributed by atoms with Crippen molar-refractivity contribution in [1.82, 2.24) is 0 Å². The van der Waals surface area contributed by atoms with Gasteiger partial charge in [0.1, 0.15) is 5.78 Å². The summed E-state index contributed by atoms with van der Waals surface area (Å²) in [4.78, 5) is 11.7. The van der Waals surface area contributed by atoms with E-state index in [0.29, 0.717) is 23.2 Å². The minimum atomic E-state index is 0.425. The molecule has 3 aliphatic carbocycles. The maximum Gasteiger partial charge on any atom is 0.133 e. The van der Waals surface area contributed by atoms with Gasteiger partial charge in [-0.25, -0.2) is 0 Å². The zero-order chi connectivity index (χ0) is 12.8. The number of hydrogen-bond donors (Lipinski definition) is 0. The maximum atomic E-state index is 11.7. The molecular weight excluding hydrogens is 224 g/mol. The Labute approximate surface area is 110 Å². The number of ketones is 1. The quantitative estimate of drug-likeness (QED) is 0.711. The van der Waals surface area contributed by atoms with Gasteiger partial charge in [-0.2, -0.15) is 0 Å². The molecule has 5 atom stereocenters. The SMILES string of the molecule is COC1CCC2CC[C@H]3CC(=O)CC[C@]3(C)C2C1. The number of methoxy groups -OCH3 is 1. The number of carbonyl (C=O) groups is 1. The van der Waals surface area contributed by atoms with E-state index in [4.69, 9.17) is 4.74 Å². The van der Waals surface area contributed by atoms with Crippen molar-refractivity contribution in [3.63, 3.8) is 0 Å². The lowest BCUT2D eigenvalue weighted by molar-refractivity contribution is -0.134. The summed E-state index contributed by atoms with van der Waals surface area (Å²) in [6.07, 6.45) is 9.77. The van der Waals surface area contributed by atoms with Crippen LogP contribution in [0.1, 0.15) is 58.3 Å². The smallest absolute Gasteiger partial charge is 0.133 e. The zero-order valence-electron chi connectivity index (χ0n) is 11.8. The molecule has 3 aliphatic rings. The molecule has 0 aromatic carbocycles. The lowest BCUT2D eigenvalue weighted by atomic mass is 9.49. The standard InChI is InChI=1S/C16H26O2/c1-16-8-7-13(17)9-12(16)5-3-11-4-6-14(18-2)10-15(11)16/h11-12,14-15H,3-10H2,1-2H3/t11?,12-,14?,15?,16-/m0/s1. The molecule has 102 valence electrons. The monoisotopic (exact) mass is 250 g/mol. The number of hydrogen-bond acceptors (Lipinski definition) is 2. The average molecular weight is 250 g/mol. The van der Waals surface area contributed by atoms with Crippen molar-refractivity contribution in [3.05, 3.63) is 0 Å². The molecular formula is C16H26O2. The molecule has 2 heteroatoms. The van der Waals surface area contributed by atoms with E-state index in [0.717, 1.165) is 31.1 Å². The van der Waals surface area contributed by atoms with Gasteiger partial charge < -0.3 is 4.74 Å². The third-order valence-corrected chi connectivity index (χ3v) is 6.36. The molecule has 0 amide bonds. The molecule has 0 bridgehead atoms. The highest BCUT2D eigenvalue weighted by Gasteiger charge is 2.51. The van der Waals surface area contributed by atoms with Crippen LogP contribution in [-0.2, 0) is 9.53 Å². The molecule has 0 saturated heterocycles. The van der Waals surface area contributed by atoms with Gasteiger partial charge in [0.25, 0.3) is 0 Å². The number of rotatable bonds is 1. The average Bonchev–Trinajstić information content (AvgIpc) is 2.39. The van der Waals surface area contributed by atoms with E-state index in [1.807, 2.05) is 7.11 Å². The van der Waals surface area contributed by atoms with E-state index < -0.39 is 0 Å². The molecule has 0 aromatic rings. The van der Waals surface area contributed by atoms with Gasteiger partial charge in [-0.05, 0) is 61.7 Å². The maximum absolute atomic E-state index is 11.7. The third-order valence-electron chi connectivity index (χ3n) is 6.36. The van der Waals surface area contributed by atoms with Crippen molar-refractivity contribution < 1.29 is 9.53 Å². The molecule has 3 rings (SSSR count). The Hall–Kier alpha value is -0.370. The molecule has 18 heavy (non-hydrogen) atoms. The Morgan fingerprint density at radius 3 is 2.78 bits per heavy atom. The van der Waals surface area contributed by atoms with Crippen molar-refractivity contribution >= 4 is 5.78 Å². The molecule has 3 fully saturated rings. The normalized spacial score (nSPS) is 48.4. The molecule has 0 N–H and O–H groups in total. The van der Waals surface area contributed by atoms with Crippen LogP contribution in [0.15, 0.2) is 0 Å². The molecule has 0 radical (unpaired) electrons. The van der Waals surface area contributed by atoms with Gasteiger partial charge in [0.2, 0.25) is 0 Å². The molecule has 2 nitrogen and oxygen atoms in total. The highest BCUT2D eigenvalue weighted by atomic mass is 16.5. The number of carbonyl (C=O) groups excluding carboxylic acids is 1. The van der Waals surface area contributed by atoms with E-state index in [1.54, 1.807) is 0 Å². The number of Topliss-reactive ketones (excluding diaryl/α,β-unsaturated/α-hetero) is 1. The lowest BCUT2D eigenvalue weighted by Gasteiger charge is -2.56. The number of ether oxygens (including phenoxy) is 1. The lowest BCUT2D eigenvalue weighted by Crippen LogP contribution is -2.50. The molecule has 3 saturated carbocycles. The second-order valence-electron chi connectivity index (χ2n) is 7.06. The Kier molecular flexibility index (Phi) is 3.25. The van der Waals surface area contributed by atoms with E-state index in [-0.39, 0.29) is 0 Å². The second-order valence-corrected chi connectivity index (χ2v) is 7.06. The van der Waals surface area contributed by atoms with Crippen molar-refractivity contribution in [3.8, 4) is 0 Å². The van der Waals surface area contributed by atoms with Crippen LogP contribution in [0.4, 0.5) is 0 Å². The van der Waals surface area contributed by atoms with Gasteiger partial charge in [-0.3, -0.25) is 4.79 Å². The fourth-order valence-corrected chi connectivity index (χ4v) is 5.12. The Balaban J connectivity index is 1.82. The summed E-state index contributed by atoms with van der Waals surface area (Å²) in [5.74, 6) is 2.89. The predicted octanol–water partition coefficient (Wildman–Crippen LogP) is 3.59. The highest BCUT2D eigenvalue weighted by molar-refractivity contribution is 5.79. The largest absolute Gasteiger partial charge is 0.381 e. The van der Waals surface area contributed by atoms with Crippen LogP contribution in [0.3, 0.4) is 0 Å². The molecule has 0 aliphatic heterocycles. The minimum Gasteiger partial charge on any atom is -0.381 e. The van der Waals surface area contributed by atoms with Crippen LogP contribution in [-0.4, -0.2) is 19.0 Å². The van der Waals surface area contributed by atoms with Crippen molar-refractivity contribution in [2.24, 2.45) is 23.2 Å². The van der Waals surface area contributed by atoms with Crippen LogP contribution in [0.25, 0.3) is 0 Å². The van der Waals surface area contributed by atoms with Gasteiger partial charge in [0.05, 0.1) is 6.10 Å². The van der Waals surface area contributed by atoms with Gasteiger partial charge in [-0.15, -0.1) is 0 Å². The fraction of sp³-hybridized carbons (Fsp3) is 0.938. The third kappa shape index (κ3) is 1.93. The van der Waals surface area contributed by atoms with Crippen molar-refractivity contribution in [2.45, 2.75) is 64.4 Å². The topological polar surface area (TPSA) is 26.3 Å². The van der Waals surface area contributed by atoms with E-state index in [9.17, 15) is 4.79 Å². The molecule has 0 heterocycles. The van der Waals surface area contributed by atoms with Gasteiger partial charge in [0, 0.05) is 20.0 Å². The first-order chi connectivity index (χ1) is 8.63. The Morgan fingerprint density at radius 1 is 1.22 bits per heavy atom. The van der Waals surface area contributed by atoms with Crippen LogP contribution < -0.4 is 0 Å². The Morgan fingerprint density at radius 2 is 2.00 bits per heavy atom. The second kappa shape index (κ2) is 4.63. The van der Waals surface area contributed by atoms with Gasteiger partial charge in [-0.1, -0.05) is 6.92 Å². The van der Waals surface area contributed by atoms with Crippen molar-refractivity contribution in [2.75, 3.05) is 7.11 Å². The minimum absolute atomic E-state index is 0.425. The summed E-state index contributed by atoms with van der Waals surface area (Å²) in [5, 5.41) is 0. The van der Waals surface area contributed by atoms with Gasteiger partial charge >= 0.3 is 0 Å². The van der Waals surface area contributed by atoms with Gasteiger partial charge in [0.15, 0.2) is 0 Å². The molecule has 3 unspecified atom stereocenters. The summed E-state index contributed by atoms with van der Waals surface area (Å²) in [7, 11) is 1.86. The zero-order valence-corrected chi connectivity index (χ0v) is 11.8. The molecule has 0 spiro atoms. The summed E-state index contributed by atoms with van der Waals surface area (Å²) in [6.45, 7) is 2.47. The van der Waals surface area contributed by atoms with Crippen LogP contribution >= 0.6 is 0 Å². The van der Waals surface area contributed by atoms with E-state index in [1.165, 1.54) is 32.1 Å². The Bertz CT molecular complexity index is 338. The van der Waals surface area contributed by atoms with Crippen LogP contribution in [0, 0.1) is 23.2 Å². The summed E-state index contributed by atoms with van der Waals surface area (Å²) < 4.78 is 5.62. The fourth-order valence-electron chi connectivity index (χ4n) is 5.12. The summed E-state index contributed by atoms with van der Waals surface area (Å²) in [5.41, 5.74) is 0.425. The first-order valence-corrected chi connectivity index (χ1v) is 7.68. The van der Waals surface area contributed by atoms with E-state index in [2.05, 4.69) is 6.92 Å². The number of fused-ring (bicyclic) bond motifs is 3. The first kappa shape index (κ1) is 12.7. The van der Waals surface area contributed by atoms with Crippen LogP contribution in [0.2, 0.25) is 0 Å². The molecule has 0 aromatic heterocycles. The first-order valence-electron chi connectivity index (χ1n) is 7.68. The predicted molar refractivity (Wildman–Crippen MR) is 71.3 cm³/mol.